The molecule has 0 saturated heterocycles. The molecule has 0 unspecified atom stereocenters. The molecule has 1 aromatic heterocycles. The van der Waals surface area contributed by atoms with E-state index in [9.17, 15) is 4.39 Å². The van der Waals surface area contributed by atoms with Crippen LogP contribution in [0.5, 0.6) is 0 Å². The van der Waals surface area contributed by atoms with Gasteiger partial charge in [-0.3, -0.25) is 4.99 Å². The first-order chi connectivity index (χ1) is 13.7. The SMILES string of the molecule is CN=C(NCc1ccccc1-n1ccnc1)NCC1(c2ccccc2F)CC1. The van der Waals surface area contributed by atoms with Gasteiger partial charge in [0.2, 0.25) is 0 Å². The molecule has 0 aliphatic heterocycles. The van der Waals surface area contributed by atoms with Crippen LogP contribution in [-0.2, 0) is 12.0 Å². The fraction of sp³-hybridized carbons (Fsp3) is 0.273. The second-order valence-corrected chi connectivity index (χ2v) is 7.14. The van der Waals surface area contributed by atoms with E-state index in [1.54, 1.807) is 25.6 Å². The van der Waals surface area contributed by atoms with E-state index in [4.69, 9.17) is 0 Å². The number of para-hydroxylation sites is 1. The van der Waals surface area contributed by atoms with E-state index in [0.29, 0.717) is 19.0 Å². The zero-order chi connectivity index (χ0) is 19.4. The van der Waals surface area contributed by atoms with Gasteiger partial charge in [-0.2, -0.15) is 0 Å². The third kappa shape index (κ3) is 3.76. The van der Waals surface area contributed by atoms with Gasteiger partial charge in [0, 0.05) is 37.9 Å². The molecular weight excluding hydrogens is 353 g/mol. The maximum absolute atomic E-state index is 14.2. The molecular formula is C22H24FN5. The minimum Gasteiger partial charge on any atom is -0.356 e. The molecule has 6 heteroatoms. The molecule has 1 fully saturated rings. The quantitative estimate of drug-likeness (QED) is 0.511. The lowest BCUT2D eigenvalue weighted by atomic mass is 9.95. The molecule has 144 valence electrons. The average molecular weight is 377 g/mol. The first-order valence-corrected chi connectivity index (χ1v) is 9.48. The Morgan fingerprint density at radius 2 is 1.93 bits per heavy atom. The van der Waals surface area contributed by atoms with Crippen LogP contribution in [0.3, 0.4) is 0 Å². The standard InChI is InChI=1S/C22H24FN5/c1-24-21(27-15-22(10-11-22)18-7-3-4-8-19(18)23)26-14-17-6-2-5-9-20(17)28-13-12-25-16-28/h2-9,12-13,16H,10-11,14-15H2,1H3,(H2,24,26,27). The summed E-state index contributed by atoms with van der Waals surface area (Å²) in [6.45, 7) is 1.29. The number of rotatable bonds is 6. The molecule has 0 atom stereocenters. The van der Waals surface area contributed by atoms with Crippen LogP contribution < -0.4 is 10.6 Å². The first kappa shape index (κ1) is 18.2. The van der Waals surface area contributed by atoms with Crippen molar-refractivity contribution in [3.8, 4) is 5.69 Å². The zero-order valence-corrected chi connectivity index (χ0v) is 15.9. The van der Waals surface area contributed by atoms with Gasteiger partial charge in [-0.25, -0.2) is 9.37 Å². The largest absolute Gasteiger partial charge is 0.356 e. The van der Waals surface area contributed by atoms with Crippen LogP contribution in [0, 0.1) is 5.82 Å². The van der Waals surface area contributed by atoms with Crippen molar-refractivity contribution in [2.24, 2.45) is 4.99 Å². The fourth-order valence-corrected chi connectivity index (χ4v) is 3.55. The summed E-state index contributed by atoms with van der Waals surface area (Å²) in [6, 6.07) is 15.2. The van der Waals surface area contributed by atoms with Gasteiger partial charge in [0.1, 0.15) is 5.82 Å². The van der Waals surface area contributed by atoms with Crippen LogP contribution in [0.1, 0.15) is 24.0 Å². The fourth-order valence-electron chi connectivity index (χ4n) is 3.55. The Hall–Kier alpha value is -3.15. The minimum atomic E-state index is -0.127. The summed E-state index contributed by atoms with van der Waals surface area (Å²) in [5, 5.41) is 6.74. The monoisotopic (exact) mass is 377 g/mol. The van der Waals surface area contributed by atoms with Crippen molar-refractivity contribution in [1.82, 2.24) is 20.2 Å². The third-order valence-electron chi connectivity index (χ3n) is 5.34. The van der Waals surface area contributed by atoms with E-state index in [-0.39, 0.29) is 11.2 Å². The van der Waals surface area contributed by atoms with Crippen LogP contribution in [0.25, 0.3) is 5.69 Å². The lowest BCUT2D eigenvalue weighted by Gasteiger charge is -2.20. The van der Waals surface area contributed by atoms with Crippen LogP contribution in [0.15, 0.2) is 72.2 Å². The summed E-state index contributed by atoms with van der Waals surface area (Å²) in [4.78, 5) is 8.45. The predicted octanol–water partition coefficient (Wildman–Crippen LogP) is 3.41. The summed E-state index contributed by atoms with van der Waals surface area (Å²) in [7, 11) is 1.75. The molecule has 1 heterocycles. The second kappa shape index (κ2) is 7.84. The highest BCUT2D eigenvalue weighted by atomic mass is 19.1. The van der Waals surface area contributed by atoms with Gasteiger partial charge in [0.25, 0.3) is 0 Å². The molecule has 2 N–H and O–H groups in total. The van der Waals surface area contributed by atoms with Gasteiger partial charge < -0.3 is 15.2 Å². The van der Waals surface area contributed by atoms with Crippen molar-refractivity contribution >= 4 is 5.96 Å². The Kier molecular flexibility index (Phi) is 5.10. The maximum atomic E-state index is 14.2. The highest BCUT2D eigenvalue weighted by Crippen LogP contribution is 2.48. The van der Waals surface area contributed by atoms with Crippen LogP contribution >= 0.6 is 0 Å². The van der Waals surface area contributed by atoms with Crippen molar-refractivity contribution in [3.05, 3.63) is 84.2 Å². The molecule has 3 aromatic rings. The molecule has 28 heavy (non-hydrogen) atoms. The minimum absolute atomic E-state index is 0.126. The lowest BCUT2D eigenvalue weighted by molar-refractivity contribution is 0.559. The van der Waals surface area contributed by atoms with Crippen molar-refractivity contribution < 1.29 is 4.39 Å². The van der Waals surface area contributed by atoms with E-state index < -0.39 is 0 Å². The van der Waals surface area contributed by atoms with E-state index in [2.05, 4.69) is 32.7 Å². The number of hydrogen-bond donors (Lipinski definition) is 2. The molecule has 1 saturated carbocycles. The number of aromatic nitrogens is 2. The number of halogens is 1. The van der Waals surface area contributed by atoms with Gasteiger partial charge in [-0.1, -0.05) is 36.4 Å². The van der Waals surface area contributed by atoms with E-state index in [1.807, 2.05) is 35.0 Å². The summed E-state index contributed by atoms with van der Waals surface area (Å²) in [5.74, 6) is 0.585. The van der Waals surface area contributed by atoms with Crippen molar-refractivity contribution in [3.63, 3.8) is 0 Å². The number of nitrogens with one attached hydrogen (secondary N) is 2. The van der Waals surface area contributed by atoms with E-state index in [0.717, 1.165) is 29.7 Å². The summed E-state index contributed by atoms with van der Waals surface area (Å²) < 4.78 is 16.2. The molecule has 0 radical (unpaired) electrons. The molecule has 5 nitrogen and oxygen atoms in total. The van der Waals surface area contributed by atoms with Crippen LogP contribution in [0.4, 0.5) is 4.39 Å². The summed E-state index contributed by atoms with van der Waals surface area (Å²) >= 11 is 0. The Morgan fingerprint density at radius 3 is 2.64 bits per heavy atom. The summed E-state index contributed by atoms with van der Waals surface area (Å²) in [5.41, 5.74) is 2.88. The number of hydrogen-bond acceptors (Lipinski definition) is 2. The highest BCUT2D eigenvalue weighted by molar-refractivity contribution is 5.80. The Labute approximate surface area is 164 Å². The molecule has 1 aliphatic rings. The zero-order valence-electron chi connectivity index (χ0n) is 15.9. The number of benzene rings is 2. The first-order valence-electron chi connectivity index (χ1n) is 9.48. The Morgan fingerprint density at radius 1 is 1.14 bits per heavy atom. The molecule has 4 rings (SSSR count). The molecule has 1 aliphatic carbocycles. The number of imidazole rings is 1. The second-order valence-electron chi connectivity index (χ2n) is 7.14. The number of aliphatic imine (C=N–C) groups is 1. The van der Waals surface area contributed by atoms with E-state index >= 15 is 0 Å². The van der Waals surface area contributed by atoms with Crippen molar-refractivity contribution in [1.29, 1.82) is 0 Å². The average Bonchev–Trinajstić information content (AvgIpc) is 3.31. The number of nitrogens with zero attached hydrogens (tertiary/aromatic N) is 3. The maximum Gasteiger partial charge on any atom is 0.191 e. The van der Waals surface area contributed by atoms with Crippen LogP contribution in [-0.4, -0.2) is 29.1 Å². The summed E-state index contributed by atoms with van der Waals surface area (Å²) in [6.07, 6.45) is 7.46. The smallest absolute Gasteiger partial charge is 0.191 e. The molecule has 0 spiro atoms. The lowest BCUT2D eigenvalue weighted by Crippen LogP contribution is -2.41. The van der Waals surface area contributed by atoms with Gasteiger partial charge >= 0.3 is 0 Å². The highest BCUT2D eigenvalue weighted by Gasteiger charge is 2.45. The van der Waals surface area contributed by atoms with Gasteiger partial charge in [-0.15, -0.1) is 0 Å². The van der Waals surface area contributed by atoms with Gasteiger partial charge in [-0.05, 0) is 36.1 Å². The van der Waals surface area contributed by atoms with Gasteiger partial charge in [0.05, 0.1) is 12.0 Å². The molecule has 2 aromatic carbocycles. The Balaban J connectivity index is 1.40. The number of guanidine groups is 1. The third-order valence-corrected chi connectivity index (χ3v) is 5.34. The molecule has 0 amide bonds. The van der Waals surface area contributed by atoms with Gasteiger partial charge in [0.15, 0.2) is 5.96 Å². The van der Waals surface area contributed by atoms with Crippen LogP contribution in [0.2, 0.25) is 0 Å². The molecule has 0 bridgehead atoms. The Bertz CT molecular complexity index is 961. The van der Waals surface area contributed by atoms with E-state index in [1.165, 1.54) is 6.07 Å². The van der Waals surface area contributed by atoms with Crippen molar-refractivity contribution in [2.45, 2.75) is 24.8 Å². The predicted molar refractivity (Wildman–Crippen MR) is 109 cm³/mol. The normalized spacial score (nSPS) is 15.3. The van der Waals surface area contributed by atoms with Crippen molar-refractivity contribution in [2.75, 3.05) is 13.6 Å². The topological polar surface area (TPSA) is 54.2 Å².